The van der Waals surface area contributed by atoms with E-state index < -0.39 is 17.8 Å². The summed E-state index contributed by atoms with van der Waals surface area (Å²) in [5.74, 6) is -1.00. The number of amides is 2. The van der Waals surface area contributed by atoms with Gasteiger partial charge in [0, 0.05) is 0 Å². The zero-order valence-corrected chi connectivity index (χ0v) is 14.0. The number of carbonyl (C=O) groups excluding carboxylic acids is 3. The second-order valence-electron chi connectivity index (χ2n) is 5.41. The fourth-order valence-electron chi connectivity index (χ4n) is 2.38. The molecule has 26 heavy (non-hydrogen) atoms. The van der Waals surface area contributed by atoms with Gasteiger partial charge in [-0.3, -0.25) is 15.0 Å². The van der Waals surface area contributed by atoms with Crippen LogP contribution < -0.4 is 15.2 Å². The smallest absolute Gasteiger partial charge is 0.343 e. The van der Waals surface area contributed by atoms with E-state index in [1.165, 1.54) is 18.2 Å². The maximum absolute atomic E-state index is 12.5. The van der Waals surface area contributed by atoms with E-state index in [4.69, 9.17) is 4.74 Å². The standard InChI is InChI=1S/C19H16N2O5/c1-25-17(22)12-26-15-9-5-6-13(10-15)11-16-18(23)20-21(19(16)24)14-7-3-2-4-8-14/h2-11H,12H2,1H3,(H,20,23)/b16-11-. The fraction of sp³-hybridized carbons (Fsp3) is 0.105. The number of esters is 1. The van der Waals surface area contributed by atoms with Gasteiger partial charge in [0.1, 0.15) is 11.3 Å². The van der Waals surface area contributed by atoms with Gasteiger partial charge in [0.05, 0.1) is 12.8 Å². The first-order chi connectivity index (χ1) is 12.6. The highest BCUT2D eigenvalue weighted by Crippen LogP contribution is 2.22. The minimum Gasteiger partial charge on any atom is -0.482 e. The Morgan fingerprint density at radius 1 is 1.12 bits per heavy atom. The van der Waals surface area contributed by atoms with Crippen molar-refractivity contribution in [2.24, 2.45) is 0 Å². The predicted molar refractivity (Wildman–Crippen MR) is 94.0 cm³/mol. The lowest BCUT2D eigenvalue weighted by atomic mass is 10.1. The summed E-state index contributed by atoms with van der Waals surface area (Å²) in [4.78, 5) is 35.9. The number of hydrazine groups is 1. The van der Waals surface area contributed by atoms with Crippen molar-refractivity contribution in [1.29, 1.82) is 0 Å². The molecular formula is C19H16N2O5. The number of nitrogens with one attached hydrogen (secondary N) is 1. The van der Waals surface area contributed by atoms with Crippen molar-refractivity contribution in [1.82, 2.24) is 5.43 Å². The van der Waals surface area contributed by atoms with Gasteiger partial charge < -0.3 is 9.47 Å². The second kappa shape index (κ2) is 7.52. The molecule has 1 heterocycles. The monoisotopic (exact) mass is 352 g/mol. The summed E-state index contributed by atoms with van der Waals surface area (Å²) in [5.41, 5.74) is 3.72. The molecule has 0 saturated carbocycles. The predicted octanol–water partition coefficient (Wildman–Crippen LogP) is 1.70. The third-order valence-electron chi connectivity index (χ3n) is 3.66. The number of hydrogen-bond donors (Lipinski definition) is 1. The van der Waals surface area contributed by atoms with Gasteiger partial charge >= 0.3 is 5.97 Å². The van der Waals surface area contributed by atoms with Crippen LogP contribution >= 0.6 is 0 Å². The van der Waals surface area contributed by atoms with Gasteiger partial charge in [-0.15, -0.1) is 0 Å². The maximum atomic E-state index is 12.5. The van der Waals surface area contributed by atoms with E-state index in [2.05, 4.69) is 10.2 Å². The van der Waals surface area contributed by atoms with Gasteiger partial charge in [-0.1, -0.05) is 30.3 Å². The Labute approximate surface area is 149 Å². The highest BCUT2D eigenvalue weighted by Gasteiger charge is 2.34. The summed E-state index contributed by atoms with van der Waals surface area (Å²) in [6.45, 7) is -0.224. The Bertz CT molecular complexity index is 877. The topological polar surface area (TPSA) is 84.9 Å². The summed E-state index contributed by atoms with van der Waals surface area (Å²) in [5, 5.41) is 1.20. The van der Waals surface area contributed by atoms with Crippen molar-refractivity contribution in [2.45, 2.75) is 0 Å². The Kier molecular flexibility index (Phi) is 4.98. The van der Waals surface area contributed by atoms with E-state index in [9.17, 15) is 14.4 Å². The number of benzene rings is 2. The maximum Gasteiger partial charge on any atom is 0.343 e. The molecule has 7 nitrogen and oxygen atoms in total. The molecule has 2 aromatic carbocycles. The Hall–Kier alpha value is -3.61. The molecule has 3 rings (SSSR count). The van der Waals surface area contributed by atoms with Gasteiger partial charge in [0.2, 0.25) is 0 Å². The number of nitrogens with zero attached hydrogens (tertiary/aromatic N) is 1. The number of hydrogen-bond acceptors (Lipinski definition) is 5. The zero-order chi connectivity index (χ0) is 18.5. The zero-order valence-electron chi connectivity index (χ0n) is 14.0. The molecule has 0 atom stereocenters. The molecule has 1 fully saturated rings. The molecule has 0 radical (unpaired) electrons. The summed E-state index contributed by atoms with van der Waals surface area (Å²) >= 11 is 0. The van der Waals surface area contributed by atoms with Crippen LogP contribution in [0, 0.1) is 0 Å². The van der Waals surface area contributed by atoms with Crippen molar-refractivity contribution in [3.8, 4) is 5.75 Å². The minimum absolute atomic E-state index is 0.0129. The Morgan fingerprint density at radius 2 is 1.88 bits per heavy atom. The molecule has 0 unspecified atom stereocenters. The van der Waals surface area contributed by atoms with Crippen molar-refractivity contribution in [3.05, 3.63) is 65.7 Å². The molecule has 0 spiro atoms. The lowest BCUT2D eigenvalue weighted by Gasteiger charge is -2.13. The lowest BCUT2D eigenvalue weighted by molar-refractivity contribution is -0.142. The number of methoxy groups -OCH3 is 1. The van der Waals surface area contributed by atoms with Gasteiger partial charge in [-0.2, -0.15) is 0 Å². The summed E-state index contributed by atoms with van der Waals surface area (Å²) < 4.78 is 9.82. The average Bonchev–Trinajstić information content (AvgIpc) is 2.95. The molecule has 1 aliphatic heterocycles. The molecule has 2 aromatic rings. The molecule has 1 aliphatic rings. The third kappa shape index (κ3) is 3.72. The van der Waals surface area contributed by atoms with Crippen LogP contribution in [0.25, 0.3) is 6.08 Å². The summed E-state index contributed by atoms with van der Waals surface area (Å²) in [6.07, 6.45) is 1.48. The largest absolute Gasteiger partial charge is 0.482 e. The molecule has 132 valence electrons. The highest BCUT2D eigenvalue weighted by atomic mass is 16.6. The SMILES string of the molecule is COC(=O)COc1cccc(/C=C2/C(=O)NN(c3ccccc3)C2=O)c1. The van der Waals surface area contributed by atoms with E-state index in [0.717, 1.165) is 0 Å². The average molecular weight is 352 g/mol. The van der Waals surface area contributed by atoms with Gasteiger partial charge in [-0.05, 0) is 35.9 Å². The van der Waals surface area contributed by atoms with Crippen molar-refractivity contribution >= 4 is 29.5 Å². The van der Waals surface area contributed by atoms with Crippen LogP contribution in [0.1, 0.15) is 5.56 Å². The van der Waals surface area contributed by atoms with Crippen LogP contribution in [0.5, 0.6) is 5.75 Å². The van der Waals surface area contributed by atoms with Gasteiger partial charge in [-0.25, -0.2) is 9.80 Å². The van der Waals surface area contributed by atoms with Crippen LogP contribution in [0.3, 0.4) is 0 Å². The van der Waals surface area contributed by atoms with E-state index in [-0.39, 0.29) is 12.2 Å². The van der Waals surface area contributed by atoms with Gasteiger partial charge in [0.25, 0.3) is 11.8 Å². The molecule has 0 aliphatic carbocycles. The summed E-state index contributed by atoms with van der Waals surface area (Å²) in [6, 6.07) is 15.5. The van der Waals surface area contributed by atoms with E-state index >= 15 is 0 Å². The molecule has 0 aromatic heterocycles. The third-order valence-corrected chi connectivity index (χ3v) is 3.66. The van der Waals surface area contributed by atoms with Crippen LogP contribution in [0.4, 0.5) is 5.69 Å². The van der Waals surface area contributed by atoms with Crippen molar-refractivity contribution in [2.75, 3.05) is 18.7 Å². The second-order valence-corrected chi connectivity index (χ2v) is 5.41. The van der Waals surface area contributed by atoms with Crippen molar-refractivity contribution < 1.29 is 23.9 Å². The van der Waals surface area contributed by atoms with Gasteiger partial charge in [0.15, 0.2) is 6.61 Å². The van der Waals surface area contributed by atoms with Crippen LogP contribution in [-0.2, 0) is 19.1 Å². The van der Waals surface area contributed by atoms with Crippen LogP contribution in [-0.4, -0.2) is 31.5 Å². The number of anilines is 1. The fourth-order valence-corrected chi connectivity index (χ4v) is 2.38. The number of rotatable bonds is 5. The number of carbonyl (C=O) groups is 3. The molecule has 1 N–H and O–H groups in total. The highest BCUT2D eigenvalue weighted by molar-refractivity contribution is 6.31. The Morgan fingerprint density at radius 3 is 2.62 bits per heavy atom. The van der Waals surface area contributed by atoms with Crippen LogP contribution in [0.2, 0.25) is 0 Å². The molecule has 0 bridgehead atoms. The minimum atomic E-state index is -0.502. The van der Waals surface area contributed by atoms with E-state index in [1.54, 1.807) is 48.5 Å². The summed E-state index contributed by atoms with van der Waals surface area (Å²) in [7, 11) is 1.27. The first-order valence-corrected chi connectivity index (χ1v) is 7.80. The normalized spacial score (nSPS) is 15.1. The molecule has 1 saturated heterocycles. The molecular weight excluding hydrogens is 336 g/mol. The molecule has 7 heteroatoms. The first-order valence-electron chi connectivity index (χ1n) is 7.80. The van der Waals surface area contributed by atoms with E-state index in [0.29, 0.717) is 17.0 Å². The number of para-hydroxylation sites is 1. The number of ether oxygens (including phenoxy) is 2. The first kappa shape index (κ1) is 17.2. The van der Waals surface area contributed by atoms with Crippen molar-refractivity contribution in [3.63, 3.8) is 0 Å². The van der Waals surface area contributed by atoms with E-state index in [1.807, 2.05) is 6.07 Å². The van der Waals surface area contributed by atoms with Crippen LogP contribution in [0.15, 0.2) is 60.2 Å². The quantitative estimate of drug-likeness (QED) is 0.503. The Balaban J connectivity index is 1.80. The lowest BCUT2D eigenvalue weighted by Crippen LogP contribution is -2.35. The molecule has 2 amide bonds.